The summed E-state index contributed by atoms with van der Waals surface area (Å²) < 4.78 is 42.9. The average molecular weight is 199 g/mol. The molecule has 0 aliphatic heterocycles. The van der Waals surface area contributed by atoms with Gasteiger partial charge in [0.15, 0.2) is 0 Å². The number of methoxy groups -OCH3 is 1. The van der Waals surface area contributed by atoms with Gasteiger partial charge in [-0.15, -0.1) is 0 Å². The monoisotopic (exact) mass is 199 g/mol. The van der Waals surface area contributed by atoms with Crippen molar-refractivity contribution in [1.82, 2.24) is 0 Å². The molecule has 0 bridgehead atoms. The minimum Gasteiger partial charge on any atom is -0.726 e. The lowest BCUT2D eigenvalue weighted by molar-refractivity contribution is 0.0532. The number of hydrogen-bond acceptors (Lipinski definition) is 6. The van der Waals surface area contributed by atoms with E-state index in [-0.39, 0.29) is 13.2 Å². The molecule has 0 fully saturated rings. The average Bonchev–Trinajstić information content (AvgIpc) is 1.94. The quantitative estimate of drug-likeness (QED) is 0.301. The van der Waals surface area contributed by atoms with Crippen LogP contribution >= 0.6 is 0 Å². The first-order valence-electron chi connectivity index (χ1n) is 3.23. The molecule has 0 saturated heterocycles. The zero-order chi connectivity index (χ0) is 9.45. The summed E-state index contributed by atoms with van der Waals surface area (Å²) in [6, 6.07) is 0. The molecule has 74 valence electrons. The van der Waals surface area contributed by atoms with Crippen molar-refractivity contribution < 1.29 is 26.6 Å². The molecule has 6 nitrogen and oxygen atoms in total. The highest BCUT2D eigenvalue weighted by Crippen LogP contribution is 1.85. The van der Waals surface area contributed by atoms with E-state index in [9.17, 15) is 13.0 Å². The van der Waals surface area contributed by atoms with Gasteiger partial charge in [0.1, 0.15) is 0 Å². The molecule has 0 aromatic heterocycles. The SMILES string of the molecule is COCCOCCOS(=O)(=O)[O-]. The fourth-order valence-corrected chi connectivity index (χ4v) is 0.711. The Labute approximate surface area is 71.4 Å². The first kappa shape index (κ1) is 11.8. The van der Waals surface area contributed by atoms with E-state index in [4.69, 9.17) is 4.74 Å². The lowest BCUT2D eigenvalue weighted by Gasteiger charge is -2.07. The van der Waals surface area contributed by atoms with Gasteiger partial charge in [-0.1, -0.05) is 0 Å². The summed E-state index contributed by atoms with van der Waals surface area (Å²) in [5.41, 5.74) is 0. The highest BCUT2D eigenvalue weighted by Gasteiger charge is 1.93. The maximum Gasteiger partial charge on any atom is 0.217 e. The summed E-state index contributed by atoms with van der Waals surface area (Å²) in [6.45, 7) is 0.573. The van der Waals surface area contributed by atoms with Crippen molar-refractivity contribution in [2.75, 3.05) is 33.5 Å². The molecular weight excluding hydrogens is 188 g/mol. The Kier molecular flexibility index (Phi) is 6.21. The van der Waals surface area contributed by atoms with Crippen molar-refractivity contribution in [3.8, 4) is 0 Å². The van der Waals surface area contributed by atoms with Crippen LogP contribution in [-0.4, -0.2) is 46.5 Å². The molecule has 0 amide bonds. The van der Waals surface area contributed by atoms with Gasteiger partial charge in [-0.2, -0.15) is 0 Å². The number of ether oxygens (including phenoxy) is 2. The van der Waals surface area contributed by atoms with Crippen molar-refractivity contribution in [3.63, 3.8) is 0 Å². The van der Waals surface area contributed by atoms with Crippen molar-refractivity contribution in [1.29, 1.82) is 0 Å². The van der Waals surface area contributed by atoms with Gasteiger partial charge in [0.2, 0.25) is 10.4 Å². The van der Waals surface area contributed by atoms with E-state index in [2.05, 4.69) is 8.92 Å². The predicted octanol–water partition coefficient (Wildman–Crippen LogP) is -0.874. The number of hydrogen-bond donors (Lipinski definition) is 0. The molecule has 0 saturated carbocycles. The minimum atomic E-state index is -4.58. The van der Waals surface area contributed by atoms with Crippen LogP contribution in [0.25, 0.3) is 0 Å². The molecule has 0 N–H and O–H groups in total. The predicted molar refractivity (Wildman–Crippen MR) is 38.3 cm³/mol. The van der Waals surface area contributed by atoms with Gasteiger partial charge < -0.3 is 14.0 Å². The summed E-state index contributed by atoms with van der Waals surface area (Å²) in [4.78, 5) is 0. The number of rotatable bonds is 7. The maximum absolute atomic E-state index is 9.86. The summed E-state index contributed by atoms with van der Waals surface area (Å²) in [5, 5.41) is 0. The molecule has 0 aliphatic rings. The van der Waals surface area contributed by atoms with Gasteiger partial charge in [0.05, 0.1) is 26.4 Å². The second kappa shape index (κ2) is 6.32. The van der Waals surface area contributed by atoms with Crippen molar-refractivity contribution >= 4 is 10.4 Å². The third-order valence-corrected chi connectivity index (χ3v) is 1.34. The summed E-state index contributed by atoms with van der Waals surface area (Å²) in [6.07, 6.45) is 0. The first-order chi connectivity index (χ1) is 5.56. The highest BCUT2D eigenvalue weighted by atomic mass is 32.3. The second-order valence-electron chi connectivity index (χ2n) is 1.84. The van der Waals surface area contributed by atoms with Gasteiger partial charge in [-0.25, -0.2) is 8.42 Å². The normalized spacial score (nSPS) is 11.8. The summed E-state index contributed by atoms with van der Waals surface area (Å²) >= 11 is 0. The Bertz CT molecular complexity index is 186. The third kappa shape index (κ3) is 9.79. The van der Waals surface area contributed by atoms with Crippen molar-refractivity contribution in [3.05, 3.63) is 0 Å². The third-order valence-electron chi connectivity index (χ3n) is 0.887. The van der Waals surface area contributed by atoms with Crippen LogP contribution in [0.2, 0.25) is 0 Å². The van der Waals surface area contributed by atoms with E-state index in [1.165, 1.54) is 7.11 Å². The Balaban J connectivity index is 3.12. The maximum atomic E-state index is 9.86. The first-order valence-corrected chi connectivity index (χ1v) is 4.56. The molecule has 0 spiro atoms. The Morgan fingerprint density at radius 2 is 1.75 bits per heavy atom. The molecule has 0 aromatic carbocycles. The fraction of sp³-hybridized carbons (Fsp3) is 1.00. The van der Waals surface area contributed by atoms with Crippen LogP contribution in [0.5, 0.6) is 0 Å². The molecule has 12 heavy (non-hydrogen) atoms. The highest BCUT2D eigenvalue weighted by molar-refractivity contribution is 7.80. The van der Waals surface area contributed by atoms with Crippen LogP contribution in [0.4, 0.5) is 0 Å². The smallest absolute Gasteiger partial charge is 0.217 e. The Hall–Kier alpha value is -0.210. The second-order valence-corrected chi connectivity index (χ2v) is 2.89. The molecule has 0 aromatic rings. The van der Waals surface area contributed by atoms with Gasteiger partial charge >= 0.3 is 0 Å². The van der Waals surface area contributed by atoms with Crippen LogP contribution in [0, 0.1) is 0 Å². The van der Waals surface area contributed by atoms with Crippen molar-refractivity contribution in [2.45, 2.75) is 0 Å². The van der Waals surface area contributed by atoms with Crippen LogP contribution in [0.3, 0.4) is 0 Å². The Morgan fingerprint density at radius 3 is 2.25 bits per heavy atom. The zero-order valence-electron chi connectivity index (χ0n) is 6.69. The van der Waals surface area contributed by atoms with Gasteiger partial charge in [0, 0.05) is 7.11 Å². The van der Waals surface area contributed by atoms with Gasteiger partial charge in [-0.05, 0) is 0 Å². The van der Waals surface area contributed by atoms with E-state index in [0.717, 1.165) is 0 Å². The molecular formula is C5H11O6S-. The molecule has 0 radical (unpaired) electrons. The Morgan fingerprint density at radius 1 is 1.17 bits per heavy atom. The lowest BCUT2D eigenvalue weighted by Crippen LogP contribution is -2.12. The molecule has 0 heterocycles. The van der Waals surface area contributed by atoms with Crippen LogP contribution in [-0.2, 0) is 24.1 Å². The van der Waals surface area contributed by atoms with E-state index in [1.54, 1.807) is 0 Å². The van der Waals surface area contributed by atoms with Gasteiger partial charge in [0.25, 0.3) is 0 Å². The standard InChI is InChI=1S/C5H12O6S/c1-9-2-3-10-4-5-11-12(6,7)8/h2-5H2,1H3,(H,6,7,8)/p-1. The lowest BCUT2D eigenvalue weighted by atomic mass is 10.7. The molecule has 0 unspecified atom stereocenters. The van der Waals surface area contributed by atoms with E-state index in [0.29, 0.717) is 13.2 Å². The largest absolute Gasteiger partial charge is 0.726 e. The minimum absolute atomic E-state index is 0.0603. The van der Waals surface area contributed by atoms with Crippen molar-refractivity contribution in [2.24, 2.45) is 0 Å². The fourth-order valence-electron chi connectivity index (χ4n) is 0.439. The summed E-state index contributed by atoms with van der Waals surface area (Å²) in [7, 11) is -3.06. The molecule has 0 aliphatic carbocycles. The van der Waals surface area contributed by atoms with Crippen LogP contribution in [0.15, 0.2) is 0 Å². The van der Waals surface area contributed by atoms with Gasteiger partial charge in [-0.3, -0.25) is 4.18 Å². The van der Waals surface area contributed by atoms with Crippen LogP contribution in [0.1, 0.15) is 0 Å². The van der Waals surface area contributed by atoms with E-state index < -0.39 is 10.4 Å². The molecule has 0 atom stereocenters. The van der Waals surface area contributed by atoms with Crippen LogP contribution < -0.4 is 0 Å². The topological polar surface area (TPSA) is 84.9 Å². The summed E-state index contributed by atoms with van der Waals surface area (Å²) in [5.74, 6) is 0. The van der Waals surface area contributed by atoms with E-state index >= 15 is 0 Å². The molecule has 7 heteroatoms. The zero-order valence-corrected chi connectivity index (χ0v) is 7.50. The molecule has 0 rings (SSSR count). The van der Waals surface area contributed by atoms with E-state index in [1.807, 2.05) is 0 Å².